The third-order valence-corrected chi connectivity index (χ3v) is 13.2. The number of amides is 2. The highest BCUT2D eigenvalue weighted by molar-refractivity contribution is 6.33. The number of allylic oxidation sites excluding steroid dienone is 2. The number of hydrazine groups is 1. The number of hydrogen-bond acceptors (Lipinski definition) is 12. The third kappa shape index (κ3) is 7.24. The van der Waals surface area contributed by atoms with Crippen molar-refractivity contribution < 1.29 is 42.1 Å². The number of halogens is 5. The Hall–Kier alpha value is -6.90. The van der Waals surface area contributed by atoms with E-state index in [4.69, 9.17) is 37.4 Å². The maximum atomic E-state index is 15.6. The molecule has 2 amide bonds. The summed E-state index contributed by atoms with van der Waals surface area (Å²) in [7, 11) is 4.48. The number of nitrogens with one attached hydrogen (secondary N) is 1. The topological polar surface area (TPSA) is 194 Å². The maximum absolute atomic E-state index is 15.6. The first-order chi connectivity index (χ1) is 32.0. The molecule has 2 aliphatic heterocycles. The smallest absolute Gasteiger partial charge is 0.417 e. The Morgan fingerprint density at radius 2 is 1.66 bits per heavy atom. The lowest BCUT2D eigenvalue weighted by Crippen LogP contribution is -2.53. The lowest BCUT2D eigenvalue weighted by molar-refractivity contribution is -0.139. The van der Waals surface area contributed by atoms with Crippen LogP contribution in [0.3, 0.4) is 0 Å². The van der Waals surface area contributed by atoms with E-state index < -0.39 is 74.6 Å². The fourth-order valence-corrected chi connectivity index (χ4v) is 10.1. The average Bonchev–Trinajstić information content (AvgIpc) is 3.68. The van der Waals surface area contributed by atoms with Crippen molar-refractivity contribution in [3.05, 3.63) is 148 Å². The SMILES string of the molecule is COc1cc2nc(CCn3c(=O)n4n(c3=O)[C@@H]3C[C@H]5C(=O)N(Nc6ncc(C(F)(F)F)cc6Cl)C(=O)[C@@]5(c5ccc(Cl)cc5)[C@@H](c5ccccc5OCCO)C3=CC4)c(=O)n(C)c2cc1OC. The second-order valence-electron chi connectivity index (χ2n) is 16.1. The zero-order chi connectivity index (χ0) is 47.7. The van der Waals surface area contributed by atoms with Gasteiger partial charge in [0.25, 0.3) is 17.4 Å². The van der Waals surface area contributed by atoms with Gasteiger partial charge in [-0.15, -0.1) is 0 Å². The zero-order valence-corrected chi connectivity index (χ0v) is 37.2. The molecule has 9 rings (SSSR count). The van der Waals surface area contributed by atoms with Crippen LogP contribution < -0.4 is 36.6 Å². The highest BCUT2D eigenvalue weighted by atomic mass is 35.5. The van der Waals surface area contributed by atoms with Crippen molar-refractivity contribution in [1.29, 1.82) is 0 Å². The van der Waals surface area contributed by atoms with Crippen molar-refractivity contribution in [3.63, 3.8) is 0 Å². The van der Waals surface area contributed by atoms with Gasteiger partial charge >= 0.3 is 17.6 Å². The number of aryl methyl sites for hydroxylation is 2. The van der Waals surface area contributed by atoms with E-state index in [9.17, 15) is 32.7 Å². The van der Waals surface area contributed by atoms with Crippen LogP contribution >= 0.6 is 23.2 Å². The number of alkyl halides is 3. The number of ether oxygens (including phenoxy) is 3. The Morgan fingerprint density at radius 3 is 2.34 bits per heavy atom. The summed E-state index contributed by atoms with van der Waals surface area (Å²) in [6.07, 6.45) is -2.92. The number of carbonyl (C=O) groups excluding carboxylic acids is 2. The summed E-state index contributed by atoms with van der Waals surface area (Å²) in [5.41, 5.74) is -0.260. The summed E-state index contributed by atoms with van der Waals surface area (Å²) in [5, 5.41) is 10.3. The van der Waals surface area contributed by atoms with E-state index in [1.165, 1.54) is 28.2 Å². The number of carbonyl (C=O) groups is 2. The normalized spacial score (nSPS) is 20.0. The summed E-state index contributed by atoms with van der Waals surface area (Å²) in [5.74, 6) is -3.56. The molecule has 1 saturated carbocycles. The summed E-state index contributed by atoms with van der Waals surface area (Å²) in [6.45, 7) is -0.939. The molecule has 3 aliphatic rings. The van der Waals surface area contributed by atoms with Gasteiger partial charge in [-0.1, -0.05) is 59.6 Å². The van der Waals surface area contributed by atoms with E-state index in [0.717, 1.165) is 4.57 Å². The van der Waals surface area contributed by atoms with Gasteiger partial charge in [0, 0.05) is 54.8 Å². The van der Waals surface area contributed by atoms with E-state index >= 15 is 9.59 Å². The van der Waals surface area contributed by atoms with Crippen molar-refractivity contribution in [2.24, 2.45) is 13.0 Å². The minimum absolute atomic E-state index is 0.0665. The standard InChI is InChI=1S/C45H39Cl2F3N8O9/c1-54-33-21-36(66-3)35(65-2)20-31(33)52-30(40(54)61)13-14-55-42(63)56-15-12-26-32(58(56)43(55)64)19-28-39(60)57(53-38-29(47)18-24(22-51-38)45(48,49)50)41(62)44(28,23-8-10-25(46)11-9-23)37(26)27-6-4-5-7-34(27)67-17-16-59/h4-12,18,20-22,28,32,37,59H,13-17,19H2,1-3H3,(H,51,53)/t28-,32+,37+,44+/m0/s1. The molecular formula is C45H39Cl2F3N8O9. The first-order valence-corrected chi connectivity index (χ1v) is 21.5. The molecule has 5 heterocycles. The number of rotatable bonds is 12. The van der Waals surface area contributed by atoms with Crippen molar-refractivity contribution in [1.82, 2.24) is 33.5 Å². The number of methoxy groups -OCH3 is 2. The van der Waals surface area contributed by atoms with E-state index in [2.05, 4.69) is 15.4 Å². The number of benzene rings is 3. The Bertz CT molecular complexity index is 3220. The predicted octanol–water partition coefficient (Wildman–Crippen LogP) is 5.03. The van der Waals surface area contributed by atoms with Crippen LogP contribution in [-0.2, 0) is 47.7 Å². The molecule has 2 fully saturated rings. The lowest BCUT2D eigenvalue weighted by Gasteiger charge is -2.49. The number of pyridine rings is 1. The van der Waals surface area contributed by atoms with Crippen LogP contribution in [0.15, 0.2) is 99.0 Å². The monoisotopic (exact) mass is 962 g/mol. The molecule has 1 saturated heterocycles. The first-order valence-electron chi connectivity index (χ1n) is 20.7. The lowest BCUT2D eigenvalue weighted by atomic mass is 9.53. The minimum Gasteiger partial charge on any atom is -0.493 e. The molecule has 0 radical (unpaired) electrons. The van der Waals surface area contributed by atoms with Gasteiger partial charge < -0.3 is 23.9 Å². The Balaban J connectivity index is 1.18. The number of aliphatic hydroxyl groups is 1. The number of para-hydroxylation sites is 1. The van der Waals surface area contributed by atoms with E-state index in [0.29, 0.717) is 61.5 Å². The van der Waals surface area contributed by atoms with Crippen molar-refractivity contribution in [2.75, 3.05) is 32.9 Å². The Kier molecular flexibility index (Phi) is 11.5. The fourth-order valence-electron chi connectivity index (χ4n) is 9.72. The van der Waals surface area contributed by atoms with Crippen molar-refractivity contribution >= 4 is 51.9 Å². The largest absolute Gasteiger partial charge is 0.493 e. The van der Waals surface area contributed by atoms with E-state index in [-0.39, 0.29) is 50.6 Å². The number of nitrogens with zero attached hydrogens (tertiary/aromatic N) is 7. The van der Waals surface area contributed by atoms with Crippen LogP contribution in [0.2, 0.25) is 10.0 Å². The number of aliphatic hydroxyl groups excluding tert-OH is 1. The zero-order valence-electron chi connectivity index (χ0n) is 35.7. The summed E-state index contributed by atoms with van der Waals surface area (Å²) in [4.78, 5) is 81.6. The van der Waals surface area contributed by atoms with Gasteiger partial charge in [-0.25, -0.2) is 33.5 Å². The summed E-state index contributed by atoms with van der Waals surface area (Å²) < 4.78 is 62.6. The van der Waals surface area contributed by atoms with Crippen molar-refractivity contribution in [2.45, 2.75) is 49.5 Å². The van der Waals surface area contributed by atoms with Gasteiger partial charge in [0.1, 0.15) is 18.1 Å². The molecule has 348 valence electrons. The van der Waals surface area contributed by atoms with Crippen LogP contribution in [0.4, 0.5) is 19.0 Å². The Morgan fingerprint density at radius 1 is 0.940 bits per heavy atom. The molecule has 6 aromatic rings. The molecule has 0 spiro atoms. The highest BCUT2D eigenvalue weighted by Crippen LogP contribution is 2.63. The third-order valence-electron chi connectivity index (χ3n) is 12.7. The molecule has 0 unspecified atom stereocenters. The van der Waals surface area contributed by atoms with Crippen LogP contribution in [0, 0.1) is 5.92 Å². The molecule has 4 atom stereocenters. The van der Waals surface area contributed by atoms with Gasteiger partial charge in [-0.3, -0.25) is 19.8 Å². The maximum Gasteiger partial charge on any atom is 0.417 e. The van der Waals surface area contributed by atoms with E-state index in [1.54, 1.807) is 73.8 Å². The number of anilines is 1. The minimum atomic E-state index is -4.79. The molecule has 1 aliphatic carbocycles. The van der Waals surface area contributed by atoms with Gasteiger partial charge in [0.2, 0.25) is 0 Å². The molecule has 3 aromatic heterocycles. The van der Waals surface area contributed by atoms with E-state index in [1.807, 2.05) is 0 Å². The molecule has 2 N–H and O–H groups in total. The first kappa shape index (κ1) is 45.3. The molecule has 3 aromatic carbocycles. The molecule has 67 heavy (non-hydrogen) atoms. The predicted molar refractivity (Wildman–Crippen MR) is 237 cm³/mol. The van der Waals surface area contributed by atoms with Crippen LogP contribution in [0.5, 0.6) is 17.2 Å². The highest BCUT2D eigenvalue weighted by Gasteiger charge is 2.69. The van der Waals surface area contributed by atoms with Gasteiger partial charge in [0.05, 0.1) is 66.4 Å². The number of aromatic nitrogens is 6. The van der Waals surface area contributed by atoms with Gasteiger partial charge in [-0.2, -0.15) is 18.2 Å². The van der Waals surface area contributed by atoms with Crippen molar-refractivity contribution in [3.8, 4) is 17.2 Å². The Labute approximate surface area is 387 Å². The van der Waals surface area contributed by atoms with Gasteiger partial charge in [-0.05, 0) is 41.8 Å². The average molecular weight is 964 g/mol. The second-order valence-corrected chi connectivity index (χ2v) is 16.9. The second kappa shape index (κ2) is 17.1. The molecule has 17 nitrogen and oxygen atoms in total. The molecule has 22 heteroatoms. The molecule has 0 bridgehead atoms. The number of imide groups is 1. The number of fused-ring (bicyclic) bond motifs is 5. The fraction of sp³-hybridized carbons (Fsp3) is 0.311. The van der Waals surface area contributed by atoms with Crippen LogP contribution in [0.25, 0.3) is 11.0 Å². The quantitative estimate of drug-likeness (QED) is 0.123. The van der Waals surface area contributed by atoms with Crippen LogP contribution in [-0.4, -0.2) is 77.8 Å². The van der Waals surface area contributed by atoms with Gasteiger partial charge in [0.15, 0.2) is 17.3 Å². The molecular weight excluding hydrogens is 924 g/mol. The summed E-state index contributed by atoms with van der Waals surface area (Å²) >= 11 is 12.7. The van der Waals surface area contributed by atoms with Crippen LogP contribution in [0.1, 0.15) is 40.8 Å². The number of hydrogen-bond donors (Lipinski definition) is 2. The summed E-state index contributed by atoms with van der Waals surface area (Å²) in [6, 6.07) is 15.8.